The first-order chi connectivity index (χ1) is 15.1. The summed E-state index contributed by atoms with van der Waals surface area (Å²) in [5, 5.41) is 1.06. The van der Waals surface area contributed by atoms with Crippen LogP contribution in [0.25, 0.3) is 10.2 Å². The summed E-state index contributed by atoms with van der Waals surface area (Å²) in [6.07, 6.45) is 3.43. The van der Waals surface area contributed by atoms with Crippen LogP contribution in [0.4, 0.5) is 5.13 Å². The molecule has 2 heterocycles. The number of anilines is 1. The third-order valence-corrected chi connectivity index (χ3v) is 7.11. The van der Waals surface area contributed by atoms with Crippen molar-refractivity contribution < 1.29 is 9.53 Å². The lowest BCUT2D eigenvalue weighted by atomic mass is 10.1. The Morgan fingerprint density at radius 1 is 1.03 bits per heavy atom. The first kappa shape index (κ1) is 21.6. The molecule has 6 heteroatoms. The van der Waals surface area contributed by atoms with Crippen molar-refractivity contribution in [2.45, 2.75) is 40.0 Å². The number of carbonyl (C=O) groups excluding carboxylic acids is 1. The van der Waals surface area contributed by atoms with Crippen LogP contribution in [0, 0.1) is 13.8 Å². The van der Waals surface area contributed by atoms with Crippen molar-refractivity contribution in [2.24, 2.45) is 0 Å². The van der Waals surface area contributed by atoms with Gasteiger partial charge in [0.25, 0.3) is 5.91 Å². The quantitative estimate of drug-likeness (QED) is 0.462. The zero-order valence-corrected chi connectivity index (χ0v) is 19.5. The van der Waals surface area contributed by atoms with E-state index in [1.807, 2.05) is 29.2 Å². The maximum Gasteiger partial charge on any atom is 0.253 e. The predicted octanol–water partition coefficient (Wildman–Crippen LogP) is 5.44. The number of rotatable bonds is 7. The average Bonchev–Trinajstić information content (AvgIpc) is 3.24. The number of aryl methyl sites for hydroxylation is 2. The highest BCUT2D eigenvalue weighted by molar-refractivity contribution is 7.22. The molecule has 1 saturated heterocycles. The molecule has 164 valence electrons. The largest absolute Gasteiger partial charge is 0.494 e. The normalized spacial score (nSPS) is 14.3. The molecule has 1 aliphatic heterocycles. The standard InChI is InChI=1S/C25H31N3O2S/c1-4-5-6-17-30-21-10-8-20(9-11-21)24(29)27-13-15-28(16-14-27)25-26-23-19(3)18(2)7-12-22(23)31-25/h7-12H,4-6,13-17H2,1-3H3. The molecule has 1 fully saturated rings. The van der Waals surface area contributed by atoms with E-state index in [0.29, 0.717) is 13.1 Å². The number of thiazole rings is 1. The molecular weight excluding hydrogens is 406 g/mol. The summed E-state index contributed by atoms with van der Waals surface area (Å²) in [6.45, 7) is 10.2. The second-order valence-electron chi connectivity index (χ2n) is 8.21. The van der Waals surface area contributed by atoms with Crippen molar-refractivity contribution in [1.82, 2.24) is 9.88 Å². The van der Waals surface area contributed by atoms with E-state index in [1.54, 1.807) is 11.3 Å². The lowest BCUT2D eigenvalue weighted by Crippen LogP contribution is -2.48. The van der Waals surface area contributed by atoms with Crippen molar-refractivity contribution >= 4 is 32.6 Å². The Hall–Kier alpha value is -2.60. The zero-order chi connectivity index (χ0) is 21.8. The van der Waals surface area contributed by atoms with Crippen LogP contribution >= 0.6 is 11.3 Å². The molecule has 2 aromatic carbocycles. The second-order valence-corrected chi connectivity index (χ2v) is 9.22. The molecule has 4 rings (SSSR count). The van der Waals surface area contributed by atoms with Gasteiger partial charge in [0.15, 0.2) is 5.13 Å². The Bertz CT molecular complexity index is 1040. The fraction of sp³-hybridized carbons (Fsp3) is 0.440. The summed E-state index contributed by atoms with van der Waals surface area (Å²) in [5.74, 6) is 0.923. The van der Waals surface area contributed by atoms with Crippen molar-refractivity contribution in [3.05, 3.63) is 53.1 Å². The molecule has 0 unspecified atom stereocenters. The van der Waals surface area contributed by atoms with Gasteiger partial charge in [0.05, 0.1) is 16.8 Å². The third kappa shape index (κ3) is 4.85. The fourth-order valence-corrected chi connectivity index (χ4v) is 4.95. The minimum Gasteiger partial charge on any atom is -0.494 e. The number of piperazine rings is 1. The van der Waals surface area contributed by atoms with Crippen LogP contribution in [0.5, 0.6) is 5.75 Å². The summed E-state index contributed by atoms with van der Waals surface area (Å²) in [6, 6.07) is 11.9. The monoisotopic (exact) mass is 437 g/mol. The lowest BCUT2D eigenvalue weighted by molar-refractivity contribution is 0.0746. The van der Waals surface area contributed by atoms with Gasteiger partial charge < -0.3 is 14.5 Å². The molecule has 1 amide bonds. The van der Waals surface area contributed by atoms with E-state index in [9.17, 15) is 4.79 Å². The van der Waals surface area contributed by atoms with Crippen molar-refractivity contribution in [2.75, 3.05) is 37.7 Å². The number of hydrogen-bond acceptors (Lipinski definition) is 5. The third-order valence-electron chi connectivity index (χ3n) is 6.03. The summed E-state index contributed by atoms with van der Waals surface area (Å²) in [5.41, 5.74) is 4.36. The maximum absolute atomic E-state index is 12.9. The van der Waals surface area contributed by atoms with Gasteiger partial charge in [0.2, 0.25) is 0 Å². The van der Waals surface area contributed by atoms with E-state index >= 15 is 0 Å². The van der Waals surface area contributed by atoms with Crippen molar-refractivity contribution in [1.29, 1.82) is 0 Å². The predicted molar refractivity (Wildman–Crippen MR) is 129 cm³/mol. The highest BCUT2D eigenvalue weighted by atomic mass is 32.1. The van der Waals surface area contributed by atoms with Gasteiger partial charge in [-0.15, -0.1) is 0 Å². The number of amides is 1. The number of unbranched alkanes of at least 4 members (excludes halogenated alkanes) is 2. The molecule has 3 aromatic rings. The Balaban J connectivity index is 1.34. The smallest absolute Gasteiger partial charge is 0.253 e. The second kappa shape index (κ2) is 9.69. The number of aromatic nitrogens is 1. The highest BCUT2D eigenvalue weighted by Crippen LogP contribution is 2.32. The first-order valence-corrected chi connectivity index (χ1v) is 12.0. The molecule has 1 aromatic heterocycles. The van der Waals surface area contributed by atoms with Gasteiger partial charge in [-0.3, -0.25) is 4.79 Å². The molecule has 0 spiro atoms. The molecule has 0 bridgehead atoms. The number of carbonyl (C=O) groups is 1. The van der Waals surface area contributed by atoms with Crippen LogP contribution in [0.2, 0.25) is 0 Å². The molecule has 0 N–H and O–H groups in total. The van der Waals surface area contributed by atoms with Crippen LogP contribution in [0.1, 0.15) is 47.7 Å². The van der Waals surface area contributed by atoms with Crippen LogP contribution in [-0.2, 0) is 0 Å². The van der Waals surface area contributed by atoms with Gasteiger partial charge in [-0.1, -0.05) is 37.2 Å². The van der Waals surface area contributed by atoms with Gasteiger partial charge in [-0.25, -0.2) is 4.98 Å². The Morgan fingerprint density at radius 3 is 2.48 bits per heavy atom. The molecule has 5 nitrogen and oxygen atoms in total. The fourth-order valence-electron chi connectivity index (χ4n) is 3.87. The van der Waals surface area contributed by atoms with Crippen molar-refractivity contribution in [3.63, 3.8) is 0 Å². The van der Waals surface area contributed by atoms with E-state index < -0.39 is 0 Å². The van der Waals surface area contributed by atoms with Crippen LogP contribution in [-0.4, -0.2) is 48.6 Å². The number of fused-ring (bicyclic) bond motifs is 1. The van der Waals surface area contributed by atoms with Crippen LogP contribution < -0.4 is 9.64 Å². The Morgan fingerprint density at radius 2 is 1.77 bits per heavy atom. The van der Waals surface area contributed by atoms with Crippen LogP contribution in [0.3, 0.4) is 0 Å². The Labute approximate surface area is 188 Å². The summed E-state index contributed by atoms with van der Waals surface area (Å²) in [4.78, 5) is 22.1. The Kier molecular flexibility index (Phi) is 6.76. The lowest BCUT2D eigenvalue weighted by Gasteiger charge is -2.34. The number of nitrogens with zero attached hydrogens (tertiary/aromatic N) is 3. The zero-order valence-electron chi connectivity index (χ0n) is 18.7. The van der Waals surface area contributed by atoms with Gasteiger partial charge >= 0.3 is 0 Å². The molecule has 0 radical (unpaired) electrons. The van der Waals surface area contributed by atoms with E-state index in [4.69, 9.17) is 9.72 Å². The van der Waals surface area contributed by atoms with E-state index in [2.05, 4.69) is 37.8 Å². The topological polar surface area (TPSA) is 45.7 Å². The van der Waals surface area contributed by atoms with E-state index in [1.165, 1.54) is 28.7 Å². The minimum atomic E-state index is 0.0907. The SMILES string of the molecule is CCCCCOc1ccc(C(=O)N2CCN(c3nc4c(C)c(C)ccc4s3)CC2)cc1. The molecule has 31 heavy (non-hydrogen) atoms. The molecular formula is C25H31N3O2S. The number of benzene rings is 2. The van der Waals surface area contributed by atoms with Gasteiger partial charge in [0, 0.05) is 31.7 Å². The summed E-state index contributed by atoms with van der Waals surface area (Å²) < 4.78 is 6.98. The molecule has 0 saturated carbocycles. The summed E-state index contributed by atoms with van der Waals surface area (Å²) in [7, 11) is 0. The minimum absolute atomic E-state index is 0.0907. The van der Waals surface area contributed by atoms with Gasteiger partial charge in [-0.05, 0) is 61.7 Å². The highest BCUT2D eigenvalue weighted by Gasteiger charge is 2.24. The van der Waals surface area contributed by atoms with E-state index in [-0.39, 0.29) is 5.91 Å². The first-order valence-electron chi connectivity index (χ1n) is 11.2. The van der Waals surface area contributed by atoms with Crippen LogP contribution in [0.15, 0.2) is 36.4 Å². The number of ether oxygens (including phenoxy) is 1. The maximum atomic E-state index is 12.9. The molecule has 0 aliphatic carbocycles. The summed E-state index contributed by atoms with van der Waals surface area (Å²) >= 11 is 1.74. The van der Waals surface area contributed by atoms with Gasteiger partial charge in [0.1, 0.15) is 5.75 Å². The molecule has 0 atom stereocenters. The van der Waals surface area contributed by atoms with E-state index in [0.717, 1.165) is 48.1 Å². The van der Waals surface area contributed by atoms with Crippen molar-refractivity contribution in [3.8, 4) is 5.75 Å². The average molecular weight is 438 g/mol. The number of hydrogen-bond donors (Lipinski definition) is 0. The molecule has 1 aliphatic rings. The van der Waals surface area contributed by atoms with Gasteiger partial charge in [-0.2, -0.15) is 0 Å².